The molecule has 0 saturated carbocycles. The van der Waals surface area contributed by atoms with Crippen LogP contribution in [0, 0.1) is 22.7 Å². The first-order valence-electron chi connectivity index (χ1n) is 45.5. The molecule has 3 aromatic heterocycles. The second-order valence-electron chi connectivity index (χ2n) is 34.0. The monoisotopic (exact) mass is 1950 g/mol. The lowest BCUT2D eigenvalue weighted by molar-refractivity contribution is -0.143. The molecule has 33 N–H and O–H groups in total. The predicted octanol–water partition coefficient (Wildman–Crippen LogP) is -7.15. The van der Waals surface area contributed by atoms with Gasteiger partial charge in [0, 0.05) is 87.1 Å². The molecule has 50 nitrogen and oxygen atoms in total. The first-order chi connectivity index (χ1) is 65.7. The molecule has 0 spiro atoms. The number of likely N-dealkylation sites (tertiary alicyclic amines) is 2. The summed E-state index contributed by atoms with van der Waals surface area (Å²) in [5.74, 6) is -19.1. The summed E-state index contributed by atoms with van der Waals surface area (Å²) in [6, 6.07) is -7.19. The fourth-order valence-electron chi connectivity index (χ4n) is 15.4. The van der Waals surface area contributed by atoms with Gasteiger partial charge >= 0.3 is 5.97 Å². The summed E-state index contributed by atoms with van der Waals surface area (Å²) in [7, 11) is 0. The zero-order valence-corrected chi connectivity index (χ0v) is 78.4. The maximum absolute atomic E-state index is 14.9. The van der Waals surface area contributed by atoms with Crippen molar-refractivity contribution in [3.05, 3.63) is 102 Å². The second kappa shape index (κ2) is 55.5. The molecule has 2 fully saturated rings. The van der Waals surface area contributed by atoms with Crippen molar-refractivity contribution in [3.8, 4) is 5.75 Å². The molecule has 2 aliphatic rings. The Bertz CT molecular complexity index is 5040. The molecule has 2 aromatic carbocycles. The van der Waals surface area contributed by atoms with Crippen LogP contribution in [0.2, 0.25) is 0 Å². The highest BCUT2D eigenvalue weighted by molar-refractivity contribution is 7.80. The van der Waals surface area contributed by atoms with Crippen molar-refractivity contribution in [2.45, 2.75) is 228 Å². The number of nitrogens with zero attached hydrogens (tertiary/aromatic N) is 4. The number of phenols is 1. The zero-order valence-electron chi connectivity index (χ0n) is 77.5. The Kier molecular flexibility index (Phi) is 44.4. The number of fused-ring (bicyclic) bond motifs is 1. The number of carboxylic acid groups (broad SMARTS) is 1. The summed E-state index contributed by atoms with van der Waals surface area (Å²) in [6.07, 6.45) is 6.96. The van der Waals surface area contributed by atoms with Gasteiger partial charge in [-0.2, -0.15) is 12.6 Å². The number of primary amides is 1. The fourth-order valence-corrected chi connectivity index (χ4v) is 15.6. The van der Waals surface area contributed by atoms with E-state index in [0.29, 0.717) is 47.8 Å². The number of unbranched alkanes of at least 4 members (excludes halogenated alkanes) is 1. The molecule has 754 valence electrons. The van der Waals surface area contributed by atoms with Gasteiger partial charge in [-0.3, -0.25) is 92.3 Å². The van der Waals surface area contributed by atoms with Crippen LogP contribution in [0.5, 0.6) is 5.75 Å². The Hall–Kier alpha value is -14.5. The van der Waals surface area contributed by atoms with Gasteiger partial charge in [0.05, 0.1) is 56.1 Å². The number of nitrogens with one attached hydrogen (secondary N) is 21. The van der Waals surface area contributed by atoms with Crippen molar-refractivity contribution in [2.75, 3.05) is 58.1 Å². The maximum Gasteiger partial charge on any atom is 0.326 e. The number of phenolic OH excluding ortho intramolecular Hbond substituents is 1. The van der Waals surface area contributed by atoms with Gasteiger partial charge in [0.2, 0.25) is 100 Å². The van der Waals surface area contributed by atoms with Crippen molar-refractivity contribution >= 4 is 142 Å². The van der Waals surface area contributed by atoms with Gasteiger partial charge in [-0.1, -0.05) is 64.4 Å². The molecule has 17 amide bonds. The number of hydrogen-bond donors (Lipinski definition) is 29. The molecule has 0 bridgehead atoms. The normalized spacial score (nSPS) is 16.2. The Labute approximate surface area is 800 Å². The molecule has 5 aromatic rings. The van der Waals surface area contributed by atoms with Crippen LogP contribution in [0.4, 0.5) is 0 Å². The van der Waals surface area contributed by atoms with Crippen LogP contribution in [0.25, 0.3) is 10.9 Å². The summed E-state index contributed by atoms with van der Waals surface area (Å²) < 4.78 is 0. The lowest BCUT2D eigenvalue weighted by atomic mass is 9.96. The van der Waals surface area contributed by atoms with Crippen LogP contribution in [0.3, 0.4) is 0 Å². The Morgan fingerprint density at radius 1 is 0.500 bits per heavy atom. The van der Waals surface area contributed by atoms with Gasteiger partial charge in [0.1, 0.15) is 84.3 Å². The number of aromatic nitrogens is 5. The third-order valence-electron chi connectivity index (χ3n) is 23.1. The van der Waals surface area contributed by atoms with Crippen LogP contribution < -0.4 is 114 Å². The summed E-state index contributed by atoms with van der Waals surface area (Å²) in [5, 5.41) is 76.9. The average molecular weight is 1950 g/mol. The standard InChI is InChI=1S/C87H130N30O20S/c1-6-46(4)71(115-78(129)63(35-66(90)119)112-77(128)62(34-51-38-96-44-104-51)113-81(132)70(45(2)3)114-80(131)65-21-14-30-117(65)84(135)57(19-12-28-98-87(93)94)110-75(126)59(31-48-22-24-52(118)25-23-48)107-68(121)39-100-72(123)54(89)42-138)82(133)109-56(18-11-27-97-86(91)92)73(124)101-40-69(122)108-61(33-50-37-95-43-103-50)76(127)111-60(32-49-36-99-55-16-8-7-15-53(49)55)74(125)105-47(5)83(134)116-29-13-20-64(116)79(130)102-41-67(120)106-58(85(136)137)17-9-10-26-88/h7-8,15-16,22-25,36-38,43-47,54,56-65,70-71,99,118,138H,6,9-14,17-21,26-35,39-42,88-89H2,1-5H3,(H2,90,119)(H,95,103)(H,96,104)(H,100,123)(H,101,124)(H,102,130)(H,105,125)(H,106,120)(H,107,121)(H,108,122)(H,109,133)(H,110,126)(H,111,127)(H,112,128)(H,113,132)(H,114,131)(H,115,129)(H,136,137)(H4,91,92,97)(H4,93,94,98)/t46-,47-,54-,56-,57-,58-,59-,60-,61-,62-,63-,64-,65-,70-,71-/m0/s1. The van der Waals surface area contributed by atoms with Crippen molar-refractivity contribution in [3.63, 3.8) is 0 Å². The van der Waals surface area contributed by atoms with E-state index in [4.69, 9.17) is 39.5 Å². The van der Waals surface area contributed by atoms with Crippen molar-refractivity contribution in [1.29, 1.82) is 10.8 Å². The van der Waals surface area contributed by atoms with Gasteiger partial charge < -0.3 is 149 Å². The molecule has 0 unspecified atom stereocenters. The lowest BCUT2D eigenvalue weighted by Crippen LogP contribution is -2.62. The number of aliphatic carboxylic acids is 1. The number of aromatic hydroxyl groups is 1. The number of carbonyl (C=O) groups excluding carboxylic acids is 17. The van der Waals surface area contributed by atoms with Gasteiger partial charge in [-0.25, -0.2) is 14.8 Å². The predicted molar refractivity (Wildman–Crippen MR) is 503 cm³/mol. The number of carbonyl (C=O) groups is 18. The van der Waals surface area contributed by atoms with E-state index in [0.717, 1.165) is 0 Å². The van der Waals surface area contributed by atoms with Gasteiger partial charge in [0.15, 0.2) is 11.9 Å². The van der Waals surface area contributed by atoms with E-state index in [-0.39, 0.29) is 132 Å². The van der Waals surface area contributed by atoms with Crippen LogP contribution in [0.15, 0.2) is 79.8 Å². The molecule has 138 heavy (non-hydrogen) atoms. The quantitative estimate of drug-likeness (QED) is 0.00744. The van der Waals surface area contributed by atoms with E-state index in [1.165, 1.54) is 66.0 Å². The van der Waals surface area contributed by atoms with E-state index in [2.05, 4.69) is 123 Å². The highest BCUT2D eigenvalue weighted by atomic mass is 32.1. The largest absolute Gasteiger partial charge is 0.508 e. The maximum atomic E-state index is 14.9. The van der Waals surface area contributed by atoms with E-state index in [9.17, 15) is 96.5 Å². The molecule has 7 rings (SSSR count). The summed E-state index contributed by atoms with van der Waals surface area (Å²) in [6.45, 7) is 6.09. The smallest absolute Gasteiger partial charge is 0.326 e. The number of thiol groups is 1. The van der Waals surface area contributed by atoms with Crippen LogP contribution in [-0.4, -0.2) is 306 Å². The lowest BCUT2D eigenvalue weighted by Gasteiger charge is -2.32. The van der Waals surface area contributed by atoms with Crippen molar-refractivity contribution in [2.24, 2.45) is 40.5 Å². The third kappa shape index (κ3) is 35.3. The molecule has 0 aliphatic carbocycles. The SMILES string of the molecule is CC[C@H](C)[C@H](NC(=O)[C@H](CC(N)=O)NC(=O)[C@H](Cc1c[nH]cn1)NC(=O)[C@@H](NC(=O)[C@@H]1CCCN1C(=O)[C@H](CCCNC(=N)N)NC(=O)[C@H](Cc1ccc(O)cc1)NC(=O)CNC(=O)[C@@H](N)CS)C(C)C)C(=O)N[C@@H](CCCNC(=N)N)C(=O)NCC(=O)N[C@@H](Cc1c[nH]cn1)C(=O)N[C@@H](Cc1c[nH]c2ccccc12)C(=O)N[C@@H](C)C(=O)N1CCC[C@H]1C(=O)NCC(=O)N[C@@H](CCCCN)C(=O)O. The molecular weight excluding hydrogens is 1820 g/mol. The number of H-pyrrole nitrogens is 3. The van der Waals surface area contributed by atoms with E-state index in [1.807, 2.05) is 0 Å². The number of aromatic amines is 3. The fraction of sp³-hybridized carbons (Fsp3) is 0.540. The molecule has 51 heteroatoms. The first kappa shape index (κ1) is 110. The first-order valence-corrected chi connectivity index (χ1v) is 46.1. The van der Waals surface area contributed by atoms with Crippen LogP contribution in [0.1, 0.15) is 141 Å². The molecule has 15 atom stereocenters. The van der Waals surface area contributed by atoms with E-state index < -0.39 is 241 Å². The number of para-hydroxylation sites is 1. The Balaban J connectivity index is 1.04. The Morgan fingerprint density at radius 2 is 0.978 bits per heavy atom. The number of amides is 17. The van der Waals surface area contributed by atoms with Crippen LogP contribution >= 0.6 is 12.6 Å². The third-order valence-corrected chi connectivity index (χ3v) is 23.5. The number of benzene rings is 2. The number of imidazole rings is 2. The minimum atomic E-state index is -1.89. The summed E-state index contributed by atoms with van der Waals surface area (Å²) in [5.41, 5.74) is 30.2. The van der Waals surface area contributed by atoms with Gasteiger partial charge in [-0.05, 0) is 125 Å². The number of hydrogen-bond acceptors (Lipinski definition) is 26. The van der Waals surface area contributed by atoms with E-state index >= 15 is 0 Å². The summed E-state index contributed by atoms with van der Waals surface area (Å²) >= 11 is 4.01. The molecule has 0 radical (unpaired) electrons. The summed E-state index contributed by atoms with van der Waals surface area (Å²) in [4.78, 5) is 272. The number of guanidine groups is 2. The number of nitrogens with two attached hydrogens (primary N) is 5. The Morgan fingerprint density at radius 3 is 1.52 bits per heavy atom. The average Bonchev–Trinajstić information content (AvgIpc) is 1.68. The van der Waals surface area contributed by atoms with Crippen LogP contribution in [-0.2, 0) is 112 Å². The zero-order chi connectivity index (χ0) is 101. The highest BCUT2D eigenvalue weighted by Crippen LogP contribution is 2.25. The molecule has 2 saturated heterocycles. The van der Waals surface area contributed by atoms with Crippen molar-refractivity contribution < 1.29 is 96.5 Å². The minimum Gasteiger partial charge on any atom is -0.508 e. The second-order valence-corrected chi connectivity index (χ2v) is 34.4. The van der Waals surface area contributed by atoms with Gasteiger partial charge in [-0.15, -0.1) is 0 Å². The number of carboxylic acids is 1. The molecular formula is C87H130N30O20S. The van der Waals surface area contributed by atoms with Gasteiger partial charge in [0.25, 0.3) is 0 Å². The number of rotatable bonds is 57. The highest BCUT2D eigenvalue weighted by Gasteiger charge is 2.44. The minimum absolute atomic E-state index is 0.0180. The van der Waals surface area contributed by atoms with E-state index in [1.54, 1.807) is 58.2 Å². The topological polar surface area (TPSA) is 798 Å². The molecule has 5 heterocycles. The molecule has 2 aliphatic heterocycles. The van der Waals surface area contributed by atoms with Crippen molar-refractivity contribution in [1.82, 2.24) is 120 Å².